The Bertz CT molecular complexity index is 1010. The van der Waals surface area contributed by atoms with Crippen LogP contribution in [0.4, 0.5) is 0 Å². The van der Waals surface area contributed by atoms with Crippen LogP contribution in [0.3, 0.4) is 0 Å². The molecular formula is C22H27N5O. The van der Waals surface area contributed by atoms with E-state index >= 15 is 0 Å². The first-order chi connectivity index (χ1) is 13.7. The number of carbonyl (C=O) groups excluding carboxylic acids is 1. The van der Waals surface area contributed by atoms with Crippen LogP contribution in [0.5, 0.6) is 0 Å². The second-order valence-corrected chi connectivity index (χ2v) is 8.19. The highest BCUT2D eigenvalue weighted by molar-refractivity contribution is 5.92. The van der Waals surface area contributed by atoms with E-state index in [-0.39, 0.29) is 5.91 Å². The molecule has 1 saturated carbocycles. The highest BCUT2D eigenvalue weighted by Gasteiger charge is 2.24. The van der Waals surface area contributed by atoms with Crippen molar-refractivity contribution in [2.24, 2.45) is 7.05 Å². The van der Waals surface area contributed by atoms with Gasteiger partial charge in [0.25, 0.3) is 5.91 Å². The molecule has 5 rings (SSSR count). The fourth-order valence-electron chi connectivity index (χ4n) is 4.69. The predicted octanol–water partition coefficient (Wildman–Crippen LogP) is 3.06. The van der Waals surface area contributed by atoms with Crippen LogP contribution in [0.15, 0.2) is 36.5 Å². The maximum absolute atomic E-state index is 12.5. The first-order valence-corrected chi connectivity index (χ1v) is 10.3. The highest BCUT2D eigenvalue weighted by Crippen LogP contribution is 2.24. The summed E-state index contributed by atoms with van der Waals surface area (Å²) in [5.41, 5.74) is 4.31. The molecule has 0 atom stereocenters. The van der Waals surface area contributed by atoms with Crippen molar-refractivity contribution in [3.8, 4) is 0 Å². The predicted molar refractivity (Wildman–Crippen MR) is 109 cm³/mol. The van der Waals surface area contributed by atoms with E-state index in [9.17, 15) is 4.79 Å². The molecule has 1 amide bonds. The first-order valence-electron chi connectivity index (χ1n) is 10.3. The molecule has 0 bridgehead atoms. The smallest absolute Gasteiger partial charge is 0.272 e. The minimum Gasteiger partial charge on any atom is -0.350 e. The molecule has 1 fully saturated rings. The molecule has 1 aromatic carbocycles. The molecule has 0 radical (unpaired) electrons. The minimum absolute atomic E-state index is 0.0191. The number of aryl methyl sites for hydroxylation is 1. The Labute approximate surface area is 165 Å². The summed E-state index contributed by atoms with van der Waals surface area (Å²) in [4.78, 5) is 15.0. The molecule has 2 aromatic heterocycles. The van der Waals surface area contributed by atoms with Crippen molar-refractivity contribution < 1.29 is 4.79 Å². The van der Waals surface area contributed by atoms with Crippen LogP contribution < -0.4 is 5.32 Å². The van der Waals surface area contributed by atoms with Crippen LogP contribution in [0, 0.1) is 0 Å². The third-order valence-corrected chi connectivity index (χ3v) is 6.17. The van der Waals surface area contributed by atoms with Gasteiger partial charge in [0.05, 0.1) is 12.2 Å². The molecule has 28 heavy (non-hydrogen) atoms. The van der Waals surface area contributed by atoms with E-state index in [1.165, 1.54) is 29.3 Å². The van der Waals surface area contributed by atoms with E-state index in [0.717, 1.165) is 44.7 Å². The molecule has 1 aliphatic heterocycles. The molecule has 0 spiro atoms. The van der Waals surface area contributed by atoms with Gasteiger partial charge in [-0.25, -0.2) is 0 Å². The number of carbonyl (C=O) groups is 1. The summed E-state index contributed by atoms with van der Waals surface area (Å²) in [7, 11) is 2.10. The van der Waals surface area contributed by atoms with E-state index in [4.69, 9.17) is 0 Å². The second-order valence-electron chi connectivity index (χ2n) is 8.19. The number of para-hydroxylation sites is 1. The van der Waals surface area contributed by atoms with Crippen LogP contribution in [0.25, 0.3) is 10.9 Å². The topological polar surface area (TPSA) is 55.1 Å². The molecule has 3 aromatic rings. The highest BCUT2D eigenvalue weighted by atomic mass is 16.2. The van der Waals surface area contributed by atoms with Gasteiger partial charge in [-0.1, -0.05) is 31.0 Å². The number of fused-ring (bicyclic) bond motifs is 2. The Hall–Kier alpha value is -2.60. The number of nitrogens with one attached hydrogen (secondary N) is 1. The van der Waals surface area contributed by atoms with Crippen LogP contribution >= 0.6 is 0 Å². The van der Waals surface area contributed by atoms with Crippen molar-refractivity contribution in [2.45, 2.75) is 51.4 Å². The number of hydrogen-bond donors (Lipinski definition) is 1. The van der Waals surface area contributed by atoms with Crippen LogP contribution in [-0.4, -0.2) is 37.7 Å². The van der Waals surface area contributed by atoms with E-state index in [2.05, 4.69) is 57.4 Å². The Morgan fingerprint density at radius 2 is 2.04 bits per heavy atom. The SMILES string of the molecule is Cn1cc(CN2CCn3nc(C(=O)NC4CCCC4)cc3C2)c2ccccc21. The standard InChI is InChI=1S/C22H27N5O/c1-25-13-16(19-8-4-5-9-21(19)25)14-26-10-11-27-18(15-26)12-20(24-27)22(28)23-17-6-2-3-7-17/h4-5,8-9,12-13,17H,2-3,6-7,10-11,14-15H2,1H3,(H,23,28). The molecule has 146 valence electrons. The molecule has 3 heterocycles. The molecule has 1 aliphatic carbocycles. The van der Waals surface area contributed by atoms with Gasteiger partial charge < -0.3 is 9.88 Å². The largest absolute Gasteiger partial charge is 0.350 e. The molecule has 1 N–H and O–H groups in total. The second kappa shape index (κ2) is 7.09. The summed E-state index contributed by atoms with van der Waals surface area (Å²) in [5, 5.41) is 9.03. The average molecular weight is 377 g/mol. The molecule has 0 saturated heterocycles. The lowest BCUT2D eigenvalue weighted by atomic mass is 10.1. The summed E-state index contributed by atoms with van der Waals surface area (Å²) >= 11 is 0. The minimum atomic E-state index is -0.0191. The van der Waals surface area contributed by atoms with Crippen molar-refractivity contribution in [3.05, 3.63) is 53.5 Å². The van der Waals surface area contributed by atoms with Crippen LogP contribution in [0.1, 0.15) is 47.4 Å². The number of aromatic nitrogens is 3. The van der Waals surface area contributed by atoms with Crippen LogP contribution in [-0.2, 0) is 26.7 Å². The Morgan fingerprint density at radius 1 is 1.21 bits per heavy atom. The fraction of sp³-hybridized carbons (Fsp3) is 0.455. The van der Waals surface area contributed by atoms with E-state index in [0.29, 0.717) is 11.7 Å². The number of rotatable bonds is 4. The first kappa shape index (κ1) is 17.5. The zero-order chi connectivity index (χ0) is 19.1. The average Bonchev–Trinajstić information content (AvgIpc) is 3.42. The molecule has 0 unspecified atom stereocenters. The van der Waals surface area contributed by atoms with Crippen molar-refractivity contribution in [1.29, 1.82) is 0 Å². The summed E-state index contributed by atoms with van der Waals surface area (Å²) in [6.45, 7) is 3.52. The third kappa shape index (κ3) is 3.22. The maximum Gasteiger partial charge on any atom is 0.272 e. The lowest BCUT2D eigenvalue weighted by Gasteiger charge is -2.27. The summed E-state index contributed by atoms with van der Waals surface area (Å²) in [6, 6.07) is 10.9. The van der Waals surface area contributed by atoms with Gasteiger partial charge in [0.1, 0.15) is 0 Å². The lowest BCUT2D eigenvalue weighted by molar-refractivity contribution is 0.0931. The number of amides is 1. The van der Waals surface area contributed by atoms with Gasteiger partial charge in [-0.05, 0) is 30.5 Å². The van der Waals surface area contributed by atoms with Crippen LogP contribution in [0.2, 0.25) is 0 Å². The zero-order valence-corrected chi connectivity index (χ0v) is 16.4. The van der Waals surface area contributed by atoms with Gasteiger partial charge in [0.2, 0.25) is 0 Å². The lowest BCUT2D eigenvalue weighted by Crippen LogP contribution is -2.33. The van der Waals surface area contributed by atoms with E-state index in [1.807, 2.05) is 10.7 Å². The maximum atomic E-state index is 12.5. The molecular weight excluding hydrogens is 350 g/mol. The van der Waals surface area contributed by atoms with Crippen molar-refractivity contribution >= 4 is 16.8 Å². The monoisotopic (exact) mass is 377 g/mol. The van der Waals surface area contributed by atoms with Gasteiger partial charge in [-0.15, -0.1) is 0 Å². The molecule has 6 nitrogen and oxygen atoms in total. The quantitative estimate of drug-likeness (QED) is 0.760. The number of benzene rings is 1. The van der Waals surface area contributed by atoms with Gasteiger partial charge in [-0.2, -0.15) is 5.10 Å². The fourth-order valence-corrected chi connectivity index (χ4v) is 4.69. The third-order valence-electron chi connectivity index (χ3n) is 6.17. The van der Waals surface area contributed by atoms with Crippen molar-refractivity contribution in [1.82, 2.24) is 24.6 Å². The normalized spacial score (nSPS) is 17.9. The van der Waals surface area contributed by atoms with Crippen molar-refractivity contribution in [2.75, 3.05) is 6.54 Å². The van der Waals surface area contributed by atoms with Crippen molar-refractivity contribution in [3.63, 3.8) is 0 Å². The van der Waals surface area contributed by atoms with Gasteiger partial charge in [-0.3, -0.25) is 14.4 Å². The number of nitrogens with zero attached hydrogens (tertiary/aromatic N) is 4. The number of hydrogen-bond acceptors (Lipinski definition) is 3. The van der Waals surface area contributed by atoms with Gasteiger partial charge >= 0.3 is 0 Å². The summed E-state index contributed by atoms with van der Waals surface area (Å²) < 4.78 is 4.20. The summed E-state index contributed by atoms with van der Waals surface area (Å²) in [6.07, 6.45) is 6.86. The zero-order valence-electron chi connectivity index (χ0n) is 16.4. The Kier molecular flexibility index (Phi) is 4.43. The summed E-state index contributed by atoms with van der Waals surface area (Å²) in [5.74, 6) is -0.0191. The molecule has 2 aliphatic rings. The molecule has 6 heteroatoms. The Morgan fingerprint density at radius 3 is 2.89 bits per heavy atom. The Balaban J connectivity index is 1.30. The van der Waals surface area contributed by atoms with Gasteiger partial charge in [0, 0.05) is 49.8 Å². The van der Waals surface area contributed by atoms with E-state index < -0.39 is 0 Å². The van der Waals surface area contributed by atoms with E-state index in [1.54, 1.807) is 0 Å². The van der Waals surface area contributed by atoms with Gasteiger partial charge in [0.15, 0.2) is 5.69 Å².